The minimum atomic E-state index is -2.17. The summed E-state index contributed by atoms with van der Waals surface area (Å²) in [5.74, 6) is 0.873. The molecule has 1 saturated heterocycles. The summed E-state index contributed by atoms with van der Waals surface area (Å²) in [4.78, 5) is 0. The van der Waals surface area contributed by atoms with Crippen molar-refractivity contribution >= 4 is 25.0 Å². The van der Waals surface area contributed by atoms with Crippen molar-refractivity contribution in [1.29, 1.82) is 0 Å². The first-order chi connectivity index (χ1) is 19.0. The number of rotatable bonds is 10. The third-order valence-electron chi connectivity index (χ3n) is 10.5. The van der Waals surface area contributed by atoms with E-state index in [1.54, 1.807) is 6.26 Å². The van der Waals surface area contributed by atoms with Gasteiger partial charge in [0.15, 0.2) is 25.0 Å². The van der Waals surface area contributed by atoms with Gasteiger partial charge in [0.2, 0.25) is 0 Å². The van der Waals surface area contributed by atoms with E-state index in [1.807, 2.05) is 12.1 Å². The van der Waals surface area contributed by atoms with Crippen molar-refractivity contribution in [3.05, 3.63) is 48.2 Å². The quantitative estimate of drug-likeness (QED) is 0.244. The van der Waals surface area contributed by atoms with Gasteiger partial charge in [-0.3, -0.25) is 0 Å². The third kappa shape index (κ3) is 7.98. The van der Waals surface area contributed by atoms with Crippen LogP contribution in [0.4, 0.5) is 0 Å². The van der Waals surface area contributed by atoms with Crippen LogP contribution in [0.1, 0.15) is 67.9 Å². The van der Waals surface area contributed by atoms with Gasteiger partial charge >= 0.3 is 0 Å². The Hall–Kier alpha value is -1.01. The molecule has 1 aliphatic heterocycles. The van der Waals surface area contributed by atoms with Crippen LogP contribution >= 0.6 is 0 Å². The van der Waals surface area contributed by atoms with Gasteiger partial charge in [-0.1, -0.05) is 86.6 Å². The van der Waals surface area contributed by atoms with Gasteiger partial charge in [-0.2, -0.15) is 0 Å². The Kier molecular flexibility index (Phi) is 10.5. The molecule has 0 amide bonds. The largest absolute Gasteiger partial charge is 0.464 e. The Morgan fingerprint density at radius 1 is 0.643 bits per heavy atom. The second-order valence-corrected chi connectivity index (χ2v) is 31.1. The van der Waals surface area contributed by atoms with Gasteiger partial charge in [0.05, 0.1) is 25.1 Å². The molecule has 2 heterocycles. The molecule has 3 rings (SSSR count). The molecule has 8 heteroatoms. The van der Waals surface area contributed by atoms with Crippen molar-refractivity contribution in [3.8, 4) is 11.3 Å². The van der Waals surface area contributed by atoms with Crippen LogP contribution in [0, 0.1) is 0 Å². The summed E-state index contributed by atoms with van der Waals surface area (Å²) < 4.78 is 34.3. The highest BCUT2D eigenvalue weighted by molar-refractivity contribution is 6.75. The molecule has 2 aromatic rings. The van der Waals surface area contributed by atoms with E-state index in [-0.39, 0.29) is 39.5 Å². The van der Waals surface area contributed by atoms with Gasteiger partial charge < -0.3 is 22.4 Å². The molecule has 1 aromatic heterocycles. The van der Waals surface area contributed by atoms with E-state index in [1.165, 1.54) is 5.56 Å². The van der Waals surface area contributed by atoms with Gasteiger partial charge in [0.1, 0.15) is 18.0 Å². The molecule has 0 unspecified atom stereocenters. The zero-order chi connectivity index (χ0) is 31.9. The molecule has 5 nitrogen and oxygen atoms in total. The molecular formula is C34H60O5Si3. The number of ether oxygens (including phenoxy) is 1. The van der Waals surface area contributed by atoms with Crippen LogP contribution in [0.25, 0.3) is 11.3 Å². The van der Waals surface area contributed by atoms with Gasteiger partial charge in [-0.15, -0.1) is 0 Å². The monoisotopic (exact) mass is 632 g/mol. The molecule has 1 fully saturated rings. The highest BCUT2D eigenvalue weighted by atomic mass is 28.4. The predicted octanol–water partition coefficient (Wildman–Crippen LogP) is 10.1. The fourth-order valence-corrected chi connectivity index (χ4v) is 8.17. The summed E-state index contributed by atoms with van der Waals surface area (Å²) in [6.07, 6.45) is 1.67. The van der Waals surface area contributed by atoms with E-state index in [0.29, 0.717) is 13.0 Å². The van der Waals surface area contributed by atoms with Crippen LogP contribution in [-0.4, -0.2) is 56.0 Å². The highest BCUT2D eigenvalue weighted by Crippen LogP contribution is 2.45. The molecule has 1 aliphatic rings. The molecule has 42 heavy (non-hydrogen) atoms. The zero-order valence-electron chi connectivity index (χ0n) is 29.3. The second-order valence-electron chi connectivity index (χ2n) is 16.8. The minimum Gasteiger partial charge on any atom is -0.464 e. The molecule has 0 bridgehead atoms. The number of furan rings is 1. The Bertz CT molecular complexity index is 1150. The van der Waals surface area contributed by atoms with Crippen molar-refractivity contribution in [3.63, 3.8) is 0 Å². The first-order valence-electron chi connectivity index (χ1n) is 15.7. The Balaban J connectivity index is 2.08. The maximum Gasteiger partial charge on any atom is 0.192 e. The van der Waals surface area contributed by atoms with Gasteiger partial charge in [0, 0.05) is 12.0 Å². The van der Waals surface area contributed by atoms with E-state index in [4.69, 9.17) is 22.4 Å². The SMILES string of the molecule is CC(C)(C)[Si](C)(C)OC[C@H]1O[C@@H](Cc2ccccc2-c2ccco2)[C@H](O[Si](C)(C)C(C)(C)C)[C@@H]1O[Si](C)(C)C(C)(C)C. The summed E-state index contributed by atoms with van der Waals surface area (Å²) in [6.45, 7) is 35.2. The van der Waals surface area contributed by atoms with Crippen LogP contribution in [-0.2, 0) is 24.4 Å². The zero-order valence-corrected chi connectivity index (χ0v) is 32.3. The second kappa shape index (κ2) is 12.4. The first kappa shape index (κ1) is 35.5. The lowest BCUT2D eigenvalue weighted by Gasteiger charge is -2.44. The summed E-state index contributed by atoms with van der Waals surface area (Å²) >= 11 is 0. The van der Waals surface area contributed by atoms with Gasteiger partial charge in [-0.25, -0.2) is 0 Å². The maximum absolute atomic E-state index is 7.32. The Labute approximate surface area is 260 Å². The molecule has 238 valence electrons. The standard InChI is InChI=1S/C34H60O5Si3/c1-32(2,3)40(10,11)36-24-29-31(39-42(14,15)34(7,8)9)30(38-41(12,13)33(4,5)6)28(37-29)23-25-19-16-17-20-26(25)27-21-18-22-35-27/h16-22,28-31H,23-24H2,1-15H3/t28-,29+,30-,31+/m0/s1. The average Bonchev–Trinajstić information content (AvgIpc) is 3.45. The topological polar surface area (TPSA) is 50.1 Å². The molecular weight excluding hydrogens is 573 g/mol. The molecule has 0 N–H and O–H groups in total. The predicted molar refractivity (Wildman–Crippen MR) is 184 cm³/mol. The Morgan fingerprint density at radius 2 is 1.14 bits per heavy atom. The molecule has 0 aliphatic carbocycles. The van der Waals surface area contributed by atoms with Crippen LogP contribution in [0.5, 0.6) is 0 Å². The van der Waals surface area contributed by atoms with Crippen molar-refractivity contribution in [2.45, 2.75) is 148 Å². The van der Waals surface area contributed by atoms with E-state index < -0.39 is 25.0 Å². The summed E-state index contributed by atoms with van der Waals surface area (Å²) in [5.41, 5.74) is 2.29. The fraction of sp³-hybridized carbons (Fsp3) is 0.706. The number of benzene rings is 1. The van der Waals surface area contributed by atoms with E-state index in [9.17, 15) is 0 Å². The van der Waals surface area contributed by atoms with Crippen LogP contribution < -0.4 is 0 Å². The van der Waals surface area contributed by atoms with Crippen molar-refractivity contribution in [2.24, 2.45) is 0 Å². The lowest BCUT2D eigenvalue weighted by molar-refractivity contribution is -0.0159. The minimum absolute atomic E-state index is 0.0564. The normalized spacial score (nSPS) is 23.0. The summed E-state index contributed by atoms with van der Waals surface area (Å²) in [5, 5.41) is 0.226. The van der Waals surface area contributed by atoms with Crippen LogP contribution in [0.2, 0.25) is 54.4 Å². The molecule has 0 radical (unpaired) electrons. The first-order valence-corrected chi connectivity index (χ1v) is 24.5. The average molecular weight is 633 g/mol. The lowest BCUT2D eigenvalue weighted by atomic mass is 9.96. The van der Waals surface area contributed by atoms with E-state index in [2.05, 4.69) is 126 Å². The van der Waals surface area contributed by atoms with Crippen molar-refractivity contribution < 1.29 is 22.4 Å². The molecule has 4 atom stereocenters. The van der Waals surface area contributed by atoms with E-state index in [0.717, 1.165) is 11.3 Å². The number of hydrogen-bond acceptors (Lipinski definition) is 5. The van der Waals surface area contributed by atoms with Crippen LogP contribution in [0.3, 0.4) is 0 Å². The lowest BCUT2D eigenvalue weighted by Crippen LogP contribution is -2.55. The molecule has 0 spiro atoms. The highest BCUT2D eigenvalue weighted by Gasteiger charge is 2.54. The molecule has 0 saturated carbocycles. The van der Waals surface area contributed by atoms with Crippen molar-refractivity contribution in [1.82, 2.24) is 0 Å². The summed E-state index contributed by atoms with van der Waals surface area (Å²) in [7, 11) is -6.35. The fourth-order valence-electron chi connectivity index (χ4n) is 4.51. The van der Waals surface area contributed by atoms with Crippen LogP contribution in [0.15, 0.2) is 47.1 Å². The smallest absolute Gasteiger partial charge is 0.192 e. The Morgan fingerprint density at radius 3 is 1.62 bits per heavy atom. The van der Waals surface area contributed by atoms with E-state index >= 15 is 0 Å². The molecule has 1 aromatic carbocycles. The van der Waals surface area contributed by atoms with Gasteiger partial charge in [-0.05, 0) is 72.1 Å². The maximum atomic E-state index is 7.32. The van der Waals surface area contributed by atoms with Gasteiger partial charge in [0.25, 0.3) is 0 Å². The third-order valence-corrected chi connectivity index (χ3v) is 24.0. The summed E-state index contributed by atoms with van der Waals surface area (Å²) in [6, 6.07) is 12.5. The van der Waals surface area contributed by atoms with Crippen molar-refractivity contribution in [2.75, 3.05) is 6.61 Å². The number of hydrogen-bond donors (Lipinski definition) is 0.